The van der Waals surface area contributed by atoms with Crippen molar-refractivity contribution in [3.8, 4) is 0 Å². The van der Waals surface area contributed by atoms with Crippen LogP contribution in [0.2, 0.25) is 0 Å². The molecule has 1 aliphatic heterocycles. The van der Waals surface area contributed by atoms with Crippen LogP contribution in [0.25, 0.3) is 0 Å². The lowest BCUT2D eigenvalue weighted by Gasteiger charge is -2.53. The van der Waals surface area contributed by atoms with E-state index in [1.807, 2.05) is 0 Å². The van der Waals surface area contributed by atoms with Crippen molar-refractivity contribution in [3.05, 3.63) is 0 Å². The van der Waals surface area contributed by atoms with E-state index in [0.717, 1.165) is 6.04 Å². The van der Waals surface area contributed by atoms with Crippen LogP contribution in [-0.4, -0.2) is 23.0 Å². The Kier molecular flexibility index (Phi) is 2.58. The molecule has 66 valence electrons. The van der Waals surface area contributed by atoms with E-state index in [0.29, 0.717) is 5.54 Å². The summed E-state index contributed by atoms with van der Waals surface area (Å²) in [5.74, 6) is 0. The molecule has 0 amide bonds. The summed E-state index contributed by atoms with van der Waals surface area (Å²) in [7, 11) is 0. The first-order valence-electron chi connectivity index (χ1n) is 4.87. The molecule has 1 nitrogen and oxygen atoms in total. The first-order valence-corrected chi connectivity index (χ1v) is 4.87. The fourth-order valence-electron chi connectivity index (χ4n) is 2.31. The van der Waals surface area contributed by atoms with Crippen LogP contribution in [0, 0.1) is 0 Å². The monoisotopic (exact) mass is 155 g/mol. The van der Waals surface area contributed by atoms with Gasteiger partial charge in [0, 0.05) is 18.1 Å². The van der Waals surface area contributed by atoms with Gasteiger partial charge in [0.25, 0.3) is 0 Å². The molecule has 1 unspecified atom stereocenters. The van der Waals surface area contributed by atoms with Crippen LogP contribution in [0.1, 0.15) is 47.0 Å². The summed E-state index contributed by atoms with van der Waals surface area (Å²) in [6.07, 6.45) is 4.09. The molecule has 0 radical (unpaired) electrons. The van der Waals surface area contributed by atoms with Gasteiger partial charge in [0.2, 0.25) is 0 Å². The topological polar surface area (TPSA) is 3.24 Å². The second kappa shape index (κ2) is 3.14. The van der Waals surface area contributed by atoms with Gasteiger partial charge in [-0.15, -0.1) is 0 Å². The second-order valence-corrected chi connectivity index (χ2v) is 4.28. The lowest BCUT2D eigenvalue weighted by Crippen LogP contribution is -2.60. The molecule has 1 fully saturated rings. The molecule has 1 saturated heterocycles. The van der Waals surface area contributed by atoms with Crippen molar-refractivity contribution in [3.63, 3.8) is 0 Å². The van der Waals surface area contributed by atoms with Crippen LogP contribution in [0.4, 0.5) is 0 Å². The maximum atomic E-state index is 2.62. The van der Waals surface area contributed by atoms with Gasteiger partial charge in [-0.3, -0.25) is 4.90 Å². The number of hydrogen-bond donors (Lipinski definition) is 0. The minimum absolute atomic E-state index is 0.545. The molecule has 11 heavy (non-hydrogen) atoms. The summed E-state index contributed by atoms with van der Waals surface area (Å²) in [5.41, 5.74) is 0.545. The Labute approximate surface area is 70.8 Å². The van der Waals surface area contributed by atoms with E-state index in [2.05, 4.69) is 32.6 Å². The SMILES string of the molecule is CCCC1(C)CCN1C(C)C. The van der Waals surface area contributed by atoms with Crippen molar-refractivity contribution in [2.75, 3.05) is 6.54 Å². The Bertz CT molecular complexity index is 131. The van der Waals surface area contributed by atoms with Gasteiger partial charge in [-0.2, -0.15) is 0 Å². The van der Waals surface area contributed by atoms with Gasteiger partial charge in [0.15, 0.2) is 0 Å². The van der Waals surface area contributed by atoms with Crippen molar-refractivity contribution in [1.82, 2.24) is 4.90 Å². The van der Waals surface area contributed by atoms with E-state index in [1.165, 1.54) is 25.8 Å². The van der Waals surface area contributed by atoms with E-state index in [4.69, 9.17) is 0 Å². The first-order chi connectivity index (χ1) is 5.10. The number of hydrogen-bond acceptors (Lipinski definition) is 1. The maximum Gasteiger partial charge on any atom is 0.0196 e. The molecule has 0 aromatic rings. The molecule has 0 bridgehead atoms. The Hall–Kier alpha value is -0.0400. The highest BCUT2D eigenvalue weighted by Gasteiger charge is 2.40. The minimum atomic E-state index is 0.545. The number of rotatable bonds is 3. The van der Waals surface area contributed by atoms with Crippen LogP contribution >= 0.6 is 0 Å². The van der Waals surface area contributed by atoms with Crippen LogP contribution in [-0.2, 0) is 0 Å². The summed E-state index contributed by atoms with van der Waals surface area (Å²) in [5, 5.41) is 0. The van der Waals surface area contributed by atoms with E-state index < -0.39 is 0 Å². The van der Waals surface area contributed by atoms with Crippen LogP contribution in [0.3, 0.4) is 0 Å². The van der Waals surface area contributed by atoms with Crippen LogP contribution in [0.15, 0.2) is 0 Å². The van der Waals surface area contributed by atoms with Gasteiger partial charge in [0.1, 0.15) is 0 Å². The predicted octanol–water partition coefficient (Wildman–Crippen LogP) is 2.66. The molecule has 1 heteroatoms. The average molecular weight is 155 g/mol. The Morgan fingerprint density at radius 3 is 2.36 bits per heavy atom. The first kappa shape index (κ1) is 9.05. The van der Waals surface area contributed by atoms with Crippen LogP contribution < -0.4 is 0 Å². The van der Waals surface area contributed by atoms with Crippen molar-refractivity contribution >= 4 is 0 Å². The zero-order chi connectivity index (χ0) is 8.48. The molecule has 0 spiro atoms. The van der Waals surface area contributed by atoms with E-state index in [1.54, 1.807) is 0 Å². The smallest absolute Gasteiger partial charge is 0.0196 e. The third-order valence-corrected chi connectivity index (χ3v) is 3.00. The van der Waals surface area contributed by atoms with Gasteiger partial charge < -0.3 is 0 Å². The van der Waals surface area contributed by atoms with Crippen LogP contribution in [0.5, 0.6) is 0 Å². The van der Waals surface area contributed by atoms with E-state index >= 15 is 0 Å². The Morgan fingerprint density at radius 2 is 2.09 bits per heavy atom. The lowest BCUT2D eigenvalue weighted by atomic mass is 9.81. The minimum Gasteiger partial charge on any atom is -0.295 e. The summed E-state index contributed by atoms with van der Waals surface area (Å²) >= 11 is 0. The third-order valence-electron chi connectivity index (χ3n) is 3.00. The van der Waals surface area contributed by atoms with Crippen molar-refractivity contribution < 1.29 is 0 Å². The molecular weight excluding hydrogens is 134 g/mol. The fraction of sp³-hybridized carbons (Fsp3) is 1.00. The highest BCUT2D eigenvalue weighted by molar-refractivity contribution is 4.96. The summed E-state index contributed by atoms with van der Waals surface area (Å²) in [6, 6.07) is 0.736. The summed E-state index contributed by atoms with van der Waals surface area (Å²) in [6.45, 7) is 10.6. The normalized spacial score (nSPS) is 32.5. The second-order valence-electron chi connectivity index (χ2n) is 4.28. The summed E-state index contributed by atoms with van der Waals surface area (Å²) in [4.78, 5) is 2.62. The molecule has 0 aromatic carbocycles. The molecule has 1 heterocycles. The van der Waals surface area contributed by atoms with Gasteiger partial charge in [-0.05, 0) is 33.6 Å². The Balaban J connectivity index is 2.45. The lowest BCUT2D eigenvalue weighted by molar-refractivity contribution is -0.0326. The van der Waals surface area contributed by atoms with Crippen molar-refractivity contribution in [2.24, 2.45) is 0 Å². The van der Waals surface area contributed by atoms with E-state index in [-0.39, 0.29) is 0 Å². The van der Waals surface area contributed by atoms with Crippen molar-refractivity contribution in [1.29, 1.82) is 0 Å². The van der Waals surface area contributed by atoms with Crippen molar-refractivity contribution in [2.45, 2.75) is 58.5 Å². The zero-order valence-corrected chi connectivity index (χ0v) is 8.35. The highest BCUT2D eigenvalue weighted by atomic mass is 15.3. The molecule has 1 atom stereocenters. The Morgan fingerprint density at radius 1 is 1.45 bits per heavy atom. The quantitative estimate of drug-likeness (QED) is 0.605. The maximum absolute atomic E-state index is 2.62. The van der Waals surface area contributed by atoms with E-state index in [9.17, 15) is 0 Å². The zero-order valence-electron chi connectivity index (χ0n) is 8.35. The van der Waals surface area contributed by atoms with Gasteiger partial charge in [-0.25, -0.2) is 0 Å². The molecule has 1 aliphatic rings. The standard InChI is InChI=1S/C10H21N/c1-5-6-10(4)7-8-11(10)9(2)3/h9H,5-8H2,1-4H3. The third kappa shape index (κ3) is 1.58. The average Bonchev–Trinajstić information content (AvgIpc) is 1.85. The number of nitrogens with zero attached hydrogens (tertiary/aromatic N) is 1. The fourth-order valence-corrected chi connectivity index (χ4v) is 2.31. The number of likely N-dealkylation sites (tertiary alicyclic amines) is 1. The highest BCUT2D eigenvalue weighted by Crippen LogP contribution is 2.35. The van der Waals surface area contributed by atoms with Gasteiger partial charge >= 0.3 is 0 Å². The molecule has 0 aromatic heterocycles. The molecule has 0 aliphatic carbocycles. The molecule has 0 saturated carbocycles. The molecule has 1 rings (SSSR count). The van der Waals surface area contributed by atoms with Gasteiger partial charge in [-0.1, -0.05) is 13.3 Å². The molecule has 0 N–H and O–H groups in total. The largest absolute Gasteiger partial charge is 0.295 e. The predicted molar refractivity (Wildman–Crippen MR) is 49.8 cm³/mol. The molecular formula is C10H21N. The van der Waals surface area contributed by atoms with Gasteiger partial charge in [0.05, 0.1) is 0 Å². The summed E-state index contributed by atoms with van der Waals surface area (Å²) < 4.78 is 0.